The van der Waals surface area contributed by atoms with E-state index in [9.17, 15) is 14.4 Å². The highest BCUT2D eigenvalue weighted by Crippen LogP contribution is 2.44. The number of carbonyl (C=O) groups excluding carboxylic acids is 3. The summed E-state index contributed by atoms with van der Waals surface area (Å²) in [7, 11) is 0.917. The molecule has 1 aromatic carbocycles. The van der Waals surface area contributed by atoms with Gasteiger partial charge in [-0.05, 0) is 74.8 Å². The van der Waals surface area contributed by atoms with Crippen molar-refractivity contribution in [3.8, 4) is 0 Å². The molecule has 0 spiro atoms. The minimum absolute atomic E-state index is 0.339. The lowest BCUT2D eigenvalue weighted by atomic mass is 9.60. The van der Waals surface area contributed by atoms with Gasteiger partial charge in [-0.2, -0.15) is 0 Å². The lowest BCUT2D eigenvalue weighted by molar-refractivity contribution is -0.138. The average Bonchev–Trinajstić information content (AvgIpc) is 2.98. The maximum absolute atomic E-state index is 13.6. The smallest absolute Gasteiger partial charge is 0.444 e. The van der Waals surface area contributed by atoms with E-state index in [2.05, 4.69) is 10.6 Å². The average molecular weight is 503 g/mol. The SMILES string of the molecule is CC(NC(=O)OC(C)(C)C)C(=O)NC(C)C(=O)N(C)C(C)(B1OC(C)(C)C(C)(C)O1)c1ccccc1. The van der Waals surface area contributed by atoms with Crippen LogP contribution in [0.2, 0.25) is 0 Å². The molecule has 200 valence electrons. The fraction of sp³-hybridized carbons (Fsp3) is 0.654. The molecule has 1 fully saturated rings. The van der Waals surface area contributed by atoms with E-state index in [0.29, 0.717) is 0 Å². The van der Waals surface area contributed by atoms with E-state index in [1.807, 2.05) is 65.0 Å². The maximum Gasteiger partial charge on any atom is 0.490 e. The van der Waals surface area contributed by atoms with Crippen LogP contribution in [0.25, 0.3) is 0 Å². The van der Waals surface area contributed by atoms with Gasteiger partial charge in [-0.3, -0.25) is 9.59 Å². The zero-order chi connectivity index (χ0) is 27.7. The van der Waals surface area contributed by atoms with Gasteiger partial charge in [-0.25, -0.2) is 4.79 Å². The number of benzene rings is 1. The first-order valence-corrected chi connectivity index (χ1v) is 12.3. The number of carbonyl (C=O) groups is 3. The van der Waals surface area contributed by atoms with Crippen molar-refractivity contribution in [3.63, 3.8) is 0 Å². The Kier molecular flexibility index (Phi) is 8.58. The fourth-order valence-corrected chi connectivity index (χ4v) is 3.81. The van der Waals surface area contributed by atoms with Crippen LogP contribution in [0.15, 0.2) is 30.3 Å². The molecule has 0 aliphatic carbocycles. The van der Waals surface area contributed by atoms with Crippen LogP contribution in [0.3, 0.4) is 0 Å². The number of hydrogen-bond acceptors (Lipinski definition) is 6. The number of amides is 3. The van der Waals surface area contributed by atoms with E-state index in [4.69, 9.17) is 14.0 Å². The Labute approximate surface area is 215 Å². The maximum atomic E-state index is 13.6. The predicted molar refractivity (Wildman–Crippen MR) is 139 cm³/mol. The van der Waals surface area contributed by atoms with Gasteiger partial charge in [0.25, 0.3) is 0 Å². The molecule has 1 aliphatic rings. The Morgan fingerprint density at radius 2 is 1.42 bits per heavy atom. The molecule has 9 nitrogen and oxygen atoms in total. The molecule has 1 saturated heterocycles. The van der Waals surface area contributed by atoms with Gasteiger partial charge >= 0.3 is 13.2 Å². The Balaban J connectivity index is 2.22. The monoisotopic (exact) mass is 503 g/mol. The van der Waals surface area contributed by atoms with Crippen molar-refractivity contribution in [2.75, 3.05) is 7.05 Å². The van der Waals surface area contributed by atoms with Crippen LogP contribution >= 0.6 is 0 Å². The molecule has 2 rings (SSSR count). The van der Waals surface area contributed by atoms with Crippen molar-refractivity contribution in [3.05, 3.63) is 35.9 Å². The minimum atomic E-state index is -0.997. The lowest BCUT2D eigenvalue weighted by Gasteiger charge is -2.41. The molecule has 0 radical (unpaired) electrons. The summed E-state index contributed by atoms with van der Waals surface area (Å²) < 4.78 is 17.9. The van der Waals surface area contributed by atoms with E-state index < -0.39 is 53.4 Å². The van der Waals surface area contributed by atoms with E-state index in [1.54, 1.807) is 39.6 Å². The zero-order valence-electron chi connectivity index (χ0n) is 23.5. The number of rotatable bonds is 7. The minimum Gasteiger partial charge on any atom is -0.444 e. The third kappa shape index (κ3) is 6.39. The van der Waals surface area contributed by atoms with Crippen LogP contribution < -0.4 is 10.6 Å². The number of ether oxygens (including phenoxy) is 1. The van der Waals surface area contributed by atoms with Crippen LogP contribution in [0.5, 0.6) is 0 Å². The molecule has 2 N–H and O–H groups in total. The number of likely N-dealkylation sites (N-methyl/N-ethyl adjacent to an activating group) is 1. The van der Waals surface area contributed by atoms with Crippen molar-refractivity contribution in [2.45, 2.75) is 104 Å². The van der Waals surface area contributed by atoms with Crippen molar-refractivity contribution >= 4 is 25.0 Å². The molecule has 1 aromatic rings. The molecule has 3 unspecified atom stereocenters. The van der Waals surface area contributed by atoms with Crippen LogP contribution in [0.1, 0.15) is 74.8 Å². The number of hydrogen-bond donors (Lipinski definition) is 2. The van der Waals surface area contributed by atoms with Crippen molar-refractivity contribution in [2.24, 2.45) is 0 Å². The van der Waals surface area contributed by atoms with Crippen LogP contribution in [-0.2, 0) is 29.1 Å². The van der Waals surface area contributed by atoms with Crippen molar-refractivity contribution in [1.82, 2.24) is 15.5 Å². The van der Waals surface area contributed by atoms with Gasteiger partial charge in [0.15, 0.2) is 0 Å². The first kappa shape index (κ1) is 29.6. The molecule has 0 bridgehead atoms. The number of alkyl carbamates (subject to hydrolysis) is 1. The highest BCUT2D eigenvalue weighted by Gasteiger charge is 2.61. The summed E-state index contributed by atoms with van der Waals surface area (Å²) >= 11 is 0. The second-order valence-corrected chi connectivity index (χ2v) is 11.6. The summed E-state index contributed by atoms with van der Waals surface area (Å²) in [6.07, 6.45) is -0.710. The largest absolute Gasteiger partial charge is 0.490 e. The molecule has 1 aliphatic heterocycles. The summed E-state index contributed by atoms with van der Waals surface area (Å²) in [6, 6.07) is 7.76. The standard InChI is InChI=1S/C26H42BN3O6/c1-17(29-22(33)34-23(3,4)5)20(31)28-18(2)21(32)30(11)26(10,19-15-13-12-14-16-19)27-35-24(6,7)25(8,9)36-27/h12-18H,1-11H3,(H,28,31)(H,29,33). The second kappa shape index (κ2) is 10.4. The van der Waals surface area contributed by atoms with Gasteiger partial charge in [0.2, 0.25) is 11.8 Å². The quantitative estimate of drug-likeness (QED) is 0.553. The number of nitrogens with zero attached hydrogens (tertiary/aromatic N) is 1. The number of nitrogens with one attached hydrogen (secondary N) is 2. The van der Waals surface area contributed by atoms with Crippen molar-refractivity contribution < 1.29 is 28.4 Å². The van der Waals surface area contributed by atoms with Gasteiger partial charge in [-0.15, -0.1) is 0 Å². The van der Waals surface area contributed by atoms with E-state index in [-0.39, 0.29) is 5.91 Å². The molecule has 10 heteroatoms. The Morgan fingerprint density at radius 1 is 0.917 bits per heavy atom. The fourth-order valence-electron chi connectivity index (χ4n) is 3.81. The van der Waals surface area contributed by atoms with Gasteiger partial charge in [0.05, 0.1) is 16.6 Å². The topological polar surface area (TPSA) is 106 Å². The Morgan fingerprint density at radius 3 is 1.89 bits per heavy atom. The zero-order valence-corrected chi connectivity index (χ0v) is 23.5. The Bertz CT molecular complexity index is 946. The molecule has 1 heterocycles. The second-order valence-electron chi connectivity index (χ2n) is 11.6. The highest BCUT2D eigenvalue weighted by atomic mass is 16.7. The Hall–Kier alpha value is -2.59. The summed E-state index contributed by atoms with van der Waals surface area (Å²) in [4.78, 5) is 39.9. The van der Waals surface area contributed by atoms with E-state index >= 15 is 0 Å². The normalized spacial score (nSPS) is 20.0. The van der Waals surface area contributed by atoms with Gasteiger partial charge in [0, 0.05) is 7.05 Å². The van der Waals surface area contributed by atoms with Crippen LogP contribution in [-0.4, -0.2) is 65.9 Å². The van der Waals surface area contributed by atoms with Gasteiger partial charge in [-0.1, -0.05) is 30.3 Å². The van der Waals surface area contributed by atoms with Crippen molar-refractivity contribution in [1.29, 1.82) is 0 Å². The van der Waals surface area contributed by atoms with Gasteiger partial charge < -0.3 is 29.6 Å². The van der Waals surface area contributed by atoms with E-state index in [0.717, 1.165) is 5.56 Å². The summed E-state index contributed by atoms with van der Waals surface area (Å²) in [5.41, 5.74) is -2.05. The van der Waals surface area contributed by atoms with E-state index in [1.165, 1.54) is 6.92 Å². The van der Waals surface area contributed by atoms with Crippen LogP contribution in [0.4, 0.5) is 4.79 Å². The molecule has 0 aromatic heterocycles. The highest BCUT2D eigenvalue weighted by molar-refractivity contribution is 6.50. The first-order valence-electron chi connectivity index (χ1n) is 12.3. The molecule has 3 amide bonds. The molecule has 3 atom stereocenters. The summed E-state index contributed by atoms with van der Waals surface area (Å²) in [6.45, 7) is 18.1. The summed E-state index contributed by atoms with van der Waals surface area (Å²) in [5.74, 6) is -0.846. The first-order chi connectivity index (χ1) is 16.3. The lowest BCUT2D eigenvalue weighted by Crippen LogP contribution is -2.61. The van der Waals surface area contributed by atoms with Gasteiger partial charge in [0.1, 0.15) is 17.7 Å². The molecular weight excluding hydrogens is 461 g/mol. The predicted octanol–water partition coefficient (Wildman–Crippen LogP) is 3.41. The third-order valence-electron chi connectivity index (χ3n) is 6.95. The summed E-state index contributed by atoms with van der Waals surface area (Å²) in [5, 5.41) is 5.18. The molecular formula is C26H42BN3O6. The van der Waals surface area contributed by atoms with Crippen LogP contribution in [0, 0.1) is 0 Å². The molecule has 36 heavy (non-hydrogen) atoms. The third-order valence-corrected chi connectivity index (χ3v) is 6.95. The molecule has 0 saturated carbocycles.